The van der Waals surface area contributed by atoms with E-state index in [0.717, 1.165) is 13.0 Å². The van der Waals surface area contributed by atoms with Gasteiger partial charge in [0, 0.05) is 18.3 Å². The van der Waals surface area contributed by atoms with Gasteiger partial charge in [0.25, 0.3) is 0 Å². The number of rotatable bonds is 0. The largest absolute Gasteiger partial charge is 0.383 e. The molecular weight excluding hydrogens is 207 g/mol. The summed E-state index contributed by atoms with van der Waals surface area (Å²) in [4.78, 5) is 0. The highest BCUT2D eigenvalue weighted by molar-refractivity contribution is 5.85. The van der Waals surface area contributed by atoms with Crippen LogP contribution in [0.3, 0.4) is 0 Å². The monoisotopic (exact) mass is 220 g/mol. The smallest absolute Gasteiger partial charge is 0.0373 e. The second-order valence-corrected chi connectivity index (χ2v) is 3.00. The third-order valence-corrected chi connectivity index (χ3v) is 2.05. The Morgan fingerprint density at radius 3 is 2.69 bits per heavy atom. The molecule has 0 saturated heterocycles. The molecule has 1 aromatic carbocycles. The first-order chi connectivity index (χ1) is 5.36. The lowest BCUT2D eigenvalue weighted by Crippen LogP contribution is -2.35. The average molecular weight is 221 g/mol. The van der Waals surface area contributed by atoms with Gasteiger partial charge in [0.1, 0.15) is 0 Å². The fourth-order valence-electron chi connectivity index (χ4n) is 1.47. The predicted molar refractivity (Wildman–Crippen MR) is 61.1 cm³/mol. The molecule has 0 fully saturated rings. The van der Waals surface area contributed by atoms with Gasteiger partial charge < -0.3 is 11.1 Å². The van der Waals surface area contributed by atoms with Crippen LogP contribution in [0.1, 0.15) is 5.56 Å². The van der Waals surface area contributed by atoms with Crippen molar-refractivity contribution in [3.63, 3.8) is 0 Å². The Morgan fingerprint density at radius 1 is 1.23 bits per heavy atom. The zero-order chi connectivity index (χ0) is 7.68. The van der Waals surface area contributed by atoms with Gasteiger partial charge in [0.15, 0.2) is 0 Å². The molecule has 1 atom stereocenters. The van der Waals surface area contributed by atoms with Crippen LogP contribution in [0, 0.1) is 0 Å². The Morgan fingerprint density at radius 2 is 1.92 bits per heavy atom. The van der Waals surface area contributed by atoms with Gasteiger partial charge in [-0.1, -0.05) is 18.2 Å². The standard InChI is InChI=1S/C9H12N2.2ClH/c10-8-5-7-3-1-2-4-9(7)11-6-8;;/h1-4,8,11H,5-6,10H2;2*1H. The zero-order valence-electron chi connectivity index (χ0n) is 7.19. The van der Waals surface area contributed by atoms with E-state index in [0.29, 0.717) is 0 Å². The van der Waals surface area contributed by atoms with Crippen molar-refractivity contribution < 1.29 is 0 Å². The first-order valence-corrected chi connectivity index (χ1v) is 3.93. The van der Waals surface area contributed by atoms with Crippen molar-refractivity contribution in [2.75, 3.05) is 11.9 Å². The van der Waals surface area contributed by atoms with E-state index in [-0.39, 0.29) is 30.9 Å². The molecule has 1 heterocycles. The summed E-state index contributed by atoms with van der Waals surface area (Å²) in [6.45, 7) is 0.900. The van der Waals surface area contributed by atoms with E-state index in [1.807, 2.05) is 6.07 Å². The van der Waals surface area contributed by atoms with Crippen LogP contribution < -0.4 is 11.1 Å². The second-order valence-electron chi connectivity index (χ2n) is 3.00. The summed E-state index contributed by atoms with van der Waals surface area (Å²) in [5, 5.41) is 3.29. The van der Waals surface area contributed by atoms with E-state index in [1.165, 1.54) is 11.3 Å². The molecule has 1 unspecified atom stereocenters. The van der Waals surface area contributed by atoms with Crippen LogP contribution in [0.4, 0.5) is 5.69 Å². The lowest BCUT2D eigenvalue weighted by Gasteiger charge is -2.22. The van der Waals surface area contributed by atoms with Gasteiger partial charge in [-0.2, -0.15) is 0 Å². The SMILES string of the molecule is Cl.Cl.NC1CNc2ccccc2C1. The van der Waals surface area contributed by atoms with E-state index in [9.17, 15) is 0 Å². The van der Waals surface area contributed by atoms with Crippen LogP contribution in [0.25, 0.3) is 0 Å². The normalized spacial score (nSPS) is 18.7. The Labute approximate surface area is 90.7 Å². The topological polar surface area (TPSA) is 38.0 Å². The van der Waals surface area contributed by atoms with E-state index >= 15 is 0 Å². The Hall–Kier alpha value is -0.440. The van der Waals surface area contributed by atoms with Crippen molar-refractivity contribution in [3.05, 3.63) is 29.8 Å². The zero-order valence-corrected chi connectivity index (χ0v) is 8.83. The molecule has 1 aromatic rings. The predicted octanol–water partition coefficient (Wildman–Crippen LogP) is 1.83. The minimum atomic E-state index is 0. The fourth-order valence-corrected chi connectivity index (χ4v) is 1.47. The minimum Gasteiger partial charge on any atom is -0.383 e. The minimum absolute atomic E-state index is 0. The van der Waals surface area contributed by atoms with Crippen molar-refractivity contribution in [3.8, 4) is 0 Å². The molecule has 1 aliphatic rings. The number of nitrogens with two attached hydrogens (primary N) is 1. The van der Waals surface area contributed by atoms with Gasteiger partial charge in [-0.25, -0.2) is 0 Å². The lowest BCUT2D eigenvalue weighted by molar-refractivity contribution is 0.679. The molecule has 0 saturated carbocycles. The van der Waals surface area contributed by atoms with Gasteiger partial charge in [-0.3, -0.25) is 0 Å². The highest BCUT2D eigenvalue weighted by atomic mass is 35.5. The maximum Gasteiger partial charge on any atom is 0.0373 e. The van der Waals surface area contributed by atoms with Gasteiger partial charge in [0.05, 0.1) is 0 Å². The third kappa shape index (κ3) is 2.76. The van der Waals surface area contributed by atoms with Crippen LogP contribution >= 0.6 is 24.8 Å². The van der Waals surface area contributed by atoms with Crippen molar-refractivity contribution in [1.82, 2.24) is 0 Å². The van der Waals surface area contributed by atoms with Crippen molar-refractivity contribution in [1.29, 1.82) is 0 Å². The van der Waals surface area contributed by atoms with Gasteiger partial charge in [-0.15, -0.1) is 24.8 Å². The molecule has 0 aliphatic carbocycles. The van der Waals surface area contributed by atoms with Crippen LogP contribution in [0.2, 0.25) is 0 Å². The lowest BCUT2D eigenvalue weighted by atomic mass is 10.0. The van der Waals surface area contributed by atoms with Gasteiger partial charge in [-0.05, 0) is 18.1 Å². The Bertz CT molecular complexity index is 266. The molecule has 4 heteroatoms. The van der Waals surface area contributed by atoms with E-state index in [4.69, 9.17) is 5.73 Å². The summed E-state index contributed by atoms with van der Waals surface area (Å²) in [6.07, 6.45) is 1.00. The molecule has 3 N–H and O–H groups in total. The molecule has 2 nitrogen and oxygen atoms in total. The summed E-state index contributed by atoms with van der Waals surface area (Å²) in [5.41, 5.74) is 8.37. The number of para-hydroxylation sites is 1. The first-order valence-electron chi connectivity index (χ1n) is 3.93. The molecule has 74 valence electrons. The number of hydrogen-bond acceptors (Lipinski definition) is 2. The highest BCUT2D eigenvalue weighted by Gasteiger charge is 2.12. The summed E-state index contributed by atoms with van der Waals surface area (Å²) in [6, 6.07) is 8.61. The summed E-state index contributed by atoms with van der Waals surface area (Å²) in [5.74, 6) is 0. The molecule has 1 aliphatic heterocycles. The maximum atomic E-state index is 5.79. The number of halogens is 2. The van der Waals surface area contributed by atoms with E-state index in [1.54, 1.807) is 0 Å². The van der Waals surface area contributed by atoms with Gasteiger partial charge in [0.2, 0.25) is 0 Å². The first kappa shape index (κ1) is 12.6. The number of hydrogen-bond donors (Lipinski definition) is 2. The highest BCUT2D eigenvalue weighted by Crippen LogP contribution is 2.19. The average Bonchev–Trinajstić information content (AvgIpc) is 2.04. The Kier molecular flexibility index (Phi) is 5.14. The van der Waals surface area contributed by atoms with Crippen LogP contribution in [-0.4, -0.2) is 12.6 Å². The number of benzene rings is 1. The van der Waals surface area contributed by atoms with E-state index < -0.39 is 0 Å². The summed E-state index contributed by atoms with van der Waals surface area (Å²) in [7, 11) is 0. The van der Waals surface area contributed by atoms with Crippen molar-refractivity contribution in [2.45, 2.75) is 12.5 Å². The number of anilines is 1. The third-order valence-electron chi connectivity index (χ3n) is 2.05. The summed E-state index contributed by atoms with van der Waals surface area (Å²) >= 11 is 0. The van der Waals surface area contributed by atoms with Crippen molar-refractivity contribution in [2.24, 2.45) is 5.73 Å². The molecule has 0 radical (unpaired) electrons. The molecule has 2 rings (SSSR count). The van der Waals surface area contributed by atoms with Crippen LogP contribution in [-0.2, 0) is 6.42 Å². The maximum absolute atomic E-state index is 5.79. The Balaban J connectivity index is 0.000000720. The fraction of sp³-hybridized carbons (Fsp3) is 0.333. The molecule has 0 spiro atoms. The van der Waals surface area contributed by atoms with Crippen molar-refractivity contribution >= 4 is 30.5 Å². The second kappa shape index (κ2) is 5.32. The van der Waals surface area contributed by atoms with Gasteiger partial charge >= 0.3 is 0 Å². The molecule has 0 amide bonds. The van der Waals surface area contributed by atoms with E-state index in [2.05, 4.69) is 23.5 Å². The quantitative estimate of drug-likeness (QED) is 0.701. The number of nitrogens with one attached hydrogen (secondary N) is 1. The molecule has 0 bridgehead atoms. The van der Waals surface area contributed by atoms with Crippen LogP contribution in [0.5, 0.6) is 0 Å². The number of fused-ring (bicyclic) bond motifs is 1. The molecule has 13 heavy (non-hydrogen) atoms. The van der Waals surface area contributed by atoms with Crippen LogP contribution in [0.15, 0.2) is 24.3 Å². The molecular formula is C9H14Cl2N2. The summed E-state index contributed by atoms with van der Waals surface area (Å²) < 4.78 is 0. The molecule has 0 aromatic heterocycles.